The fourth-order valence-electron chi connectivity index (χ4n) is 0.667. The Morgan fingerprint density at radius 1 is 1.69 bits per heavy atom. The zero-order chi connectivity index (χ0) is 9.68. The molecule has 0 saturated carbocycles. The summed E-state index contributed by atoms with van der Waals surface area (Å²) < 4.78 is 2.33. The maximum absolute atomic E-state index is 10.3. The number of carbonyl (C=O) groups excluding carboxylic acids is 1. The Balaban J connectivity index is 2.54. The summed E-state index contributed by atoms with van der Waals surface area (Å²) in [6, 6.07) is 2.79. The summed E-state index contributed by atoms with van der Waals surface area (Å²) in [5, 5.41) is 9.33. The molecule has 1 rings (SSSR count). The SMILES string of the molecule is NC(=O)NSc1ccc(CO)cn1. The van der Waals surface area contributed by atoms with E-state index in [1.807, 2.05) is 0 Å². The number of nitrogens with zero attached hydrogens (tertiary/aromatic N) is 1. The number of hydrogen-bond donors (Lipinski definition) is 3. The van der Waals surface area contributed by atoms with Gasteiger partial charge in [0.25, 0.3) is 0 Å². The van der Waals surface area contributed by atoms with Gasteiger partial charge in [-0.2, -0.15) is 0 Å². The number of pyridine rings is 1. The second-order valence-corrected chi connectivity index (χ2v) is 3.06. The lowest BCUT2D eigenvalue weighted by Crippen LogP contribution is -2.22. The first kappa shape index (κ1) is 9.82. The molecule has 0 radical (unpaired) electrons. The molecule has 6 heteroatoms. The van der Waals surface area contributed by atoms with Gasteiger partial charge in [0.15, 0.2) is 0 Å². The van der Waals surface area contributed by atoms with Gasteiger partial charge in [0.05, 0.1) is 6.61 Å². The van der Waals surface area contributed by atoms with Crippen molar-refractivity contribution in [2.75, 3.05) is 0 Å². The summed E-state index contributed by atoms with van der Waals surface area (Å²) in [6.07, 6.45) is 1.53. The Morgan fingerprint density at radius 3 is 2.92 bits per heavy atom. The van der Waals surface area contributed by atoms with Crippen LogP contribution in [-0.2, 0) is 6.61 Å². The first-order valence-corrected chi connectivity index (χ1v) is 4.32. The van der Waals surface area contributed by atoms with Crippen LogP contribution in [0.4, 0.5) is 4.79 Å². The van der Waals surface area contributed by atoms with Crippen LogP contribution in [0.25, 0.3) is 0 Å². The summed E-state index contributed by atoms with van der Waals surface area (Å²) in [5.74, 6) is 0. The second kappa shape index (κ2) is 4.68. The number of nitrogens with two attached hydrogens (primary N) is 1. The minimum Gasteiger partial charge on any atom is -0.392 e. The van der Waals surface area contributed by atoms with Crippen LogP contribution in [0.5, 0.6) is 0 Å². The van der Waals surface area contributed by atoms with Crippen LogP contribution < -0.4 is 10.5 Å². The van der Waals surface area contributed by atoms with Gasteiger partial charge in [-0.15, -0.1) is 0 Å². The van der Waals surface area contributed by atoms with Crippen molar-refractivity contribution in [1.29, 1.82) is 0 Å². The van der Waals surface area contributed by atoms with Crippen molar-refractivity contribution in [3.63, 3.8) is 0 Å². The highest BCUT2D eigenvalue weighted by molar-refractivity contribution is 7.97. The van der Waals surface area contributed by atoms with E-state index in [9.17, 15) is 4.79 Å². The monoisotopic (exact) mass is 199 g/mol. The predicted molar refractivity (Wildman–Crippen MR) is 48.7 cm³/mol. The average Bonchev–Trinajstić information content (AvgIpc) is 2.15. The summed E-state index contributed by atoms with van der Waals surface area (Å²) in [5.41, 5.74) is 5.58. The van der Waals surface area contributed by atoms with Gasteiger partial charge in [-0.25, -0.2) is 9.78 Å². The highest BCUT2D eigenvalue weighted by atomic mass is 32.2. The van der Waals surface area contributed by atoms with Crippen molar-refractivity contribution in [1.82, 2.24) is 9.71 Å². The van der Waals surface area contributed by atoms with Gasteiger partial charge in [-0.1, -0.05) is 6.07 Å². The number of amides is 2. The Labute approximate surface area is 79.5 Å². The zero-order valence-corrected chi connectivity index (χ0v) is 7.54. The molecular formula is C7H9N3O2S. The van der Waals surface area contributed by atoms with Crippen LogP contribution in [-0.4, -0.2) is 16.1 Å². The summed E-state index contributed by atoms with van der Waals surface area (Å²) in [7, 11) is 0. The van der Waals surface area contributed by atoms with Crippen LogP contribution in [0.3, 0.4) is 0 Å². The van der Waals surface area contributed by atoms with E-state index in [0.29, 0.717) is 5.03 Å². The van der Waals surface area contributed by atoms with E-state index in [-0.39, 0.29) is 6.61 Å². The molecule has 4 N–H and O–H groups in total. The Morgan fingerprint density at radius 2 is 2.46 bits per heavy atom. The Bertz CT molecular complexity index is 288. The van der Waals surface area contributed by atoms with E-state index in [4.69, 9.17) is 10.8 Å². The molecule has 0 atom stereocenters. The van der Waals surface area contributed by atoms with E-state index < -0.39 is 6.03 Å². The van der Waals surface area contributed by atoms with Crippen molar-refractivity contribution in [3.8, 4) is 0 Å². The van der Waals surface area contributed by atoms with Crippen molar-refractivity contribution < 1.29 is 9.90 Å². The van der Waals surface area contributed by atoms with E-state index in [1.54, 1.807) is 12.1 Å². The van der Waals surface area contributed by atoms with Crippen LogP contribution in [0.1, 0.15) is 5.56 Å². The number of aromatic nitrogens is 1. The number of aliphatic hydroxyl groups is 1. The molecule has 0 aliphatic carbocycles. The minimum absolute atomic E-state index is 0.0405. The lowest BCUT2D eigenvalue weighted by molar-refractivity contribution is 0.254. The molecule has 0 fully saturated rings. The van der Waals surface area contributed by atoms with Crippen molar-refractivity contribution in [2.24, 2.45) is 5.73 Å². The molecule has 5 nitrogen and oxygen atoms in total. The topological polar surface area (TPSA) is 88.2 Å². The van der Waals surface area contributed by atoms with Gasteiger partial charge in [0.2, 0.25) is 0 Å². The number of carbonyl (C=O) groups is 1. The predicted octanol–water partition coefficient (Wildman–Crippen LogP) is 0.249. The molecule has 0 bridgehead atoms. The molecule has 0 aliphatic rings. The highest BCUT2D eigenvalue weighted by Crippen LogP contribution is 2.10. The molecule has 0 aliphatic heterocycles. The minimum atomic E-state index is -0.613. The maximum atomic E-state index is 10.3. The lowest BCUT2D eigenvalue weighted by atomic mass is 10.3. The molecule has 70 valence electrons. The first-order valence-electron chi connectivity index (χ1n) is 3.50. The maximum Gasteiger partial charge on any atom is 0.322 e. The Kier molecular flexibility index (Phi) is 3.53. The number of rotatable bonds is 3. The molecule has 0 unspecified atom stereocenters. The molecular weight excluding hydrogens is 190 g/mol. The molecule has 0 spiro atoms. The van der Waals surface area contributed by atoms with Gasteiger partial charge in [-0.05, 0) is 11.6 Å². The molecule has 1 aromatic rings. The number of hydrogen-bond acceptors (Lipinski definition) is 4. The summed E-state index contributed by atoms with van der Waals surface area (Å²) in [4.78, 5) is 14.3. The molecule has 1 heterocycles. The van der Waals surface area contributed by atoms with Crippen LogP contribution in [0.2, 0.25) is 0 Å². The normalized spacial score (nSPS) is 9.62. The van der Waals surface area contributed by atoms with E-state index in [0.717, 1.165) is 17.5 Å². The number of nitrogens with one attached hydrogen (secondary N) is 1. The van der Waals surface area contributed by atoms with Crippen molar-refractivity contribution in [2.45, 2.75) is 11.6 Å². The number of aliphatic hydroxyl groups excluding tert-OH is 1. The number of primary amides is 1. The highest BCUT2D eigenvalue weighted by Gasteiger charge is 1.97. The number of urea groups is 1. The molecule has 13 heavy (non-hydrogen) atoms. The van der Waals surface area contributed by atoms with Crippen molar-refractivity contribution >= 4 is 18.0 Å². The van der Waals surface area contributed by atoms with Crippen molar-refractivity contribution in [3.05, 3.63) is 23.9 Å². The molecule has 0 saturated heterocycles. The largest absolute Gasteiger partial charge is 0.392 e. The van der Waals surface area contributed by atoms with Gasteiger partial charge < -0.3 is 10.8 Å². The standard InChI is InChI=1S/C7H9N3O2S/c8-7(12)10-13-6-2-1-5(4-11)3-9-6/h1-3,11H,4H2,(H3,8,10,12). The van der Waals surface area contributed by atoms with Gasteiger partial charge >= 0.3 is 6.03 Å². The quantitative estimate of drug-likeness (QED) is 0.609. The molecule has 1 aromatic heterocycles. The fourth-order valence-corrected chi connectivity index (χ4v) is 1.11. The van der Waals surface area contributed by atoms with Crippen LogP contribution in [0, 0.1) is 0 Å². The average molecular weight is 199 g/mol. The molecule has 2 amide bonds. The summed E-state index contributed by atoms with van der Waals surface area (Å²) in [6.45, 7) is -0.0405. The van der Waals surface area contributed by atoms with E-state index in [2.05, 4.69) is 9.71 Å². The third-order valence-electron chi connectivity index (χ3n) is 1.24. The fraction of sp³-hybridized carbons (Fsp3) is 0.143. The lowest BCUT2D eigenvalue weighted by Gasteiger charge is -2.00. The third-order valence-corrected chi connectivity index (χ3v) is 1.99. The van der Waals surface area contributed by atoms with E-state index >= 15 is 0 Å². The molecule has 0 aromatic carbocycles. The van der Waals surface area contributed by atoms with Crippen LogP contribution in [0.15, 0.2) is 23.4 Å². The first-order chi connectivity index (χ1) is 6.22. The second-order valence-electron chi connectivity index (χ2n) is 2.23. The van der Waals surface area contributed by atoms with Gasteiger partial charge in [0.1, 0.15) is 5.03 Å². The van der Waals surface area contributed by atoms with Gasteiger partial charge in [0, 0.05) is 18.1 Å². The van der Waals surface area contributed by atoms with Gasteiger partial charge in [-0.3, -0.25) is 4.72 Å². The summed E-state index contributed by atoms with van der Waals surface area (Å²) >= 11 is 1.03. The van der Waals surface area contributed by atoms with Crippen LogP contribution >= 0.6 is 11.9 Å². The zero-order valence-electron chi connectivity index (χ0n) is 6.73. The smallest absolute Gasteiger partial charge is 0.322 e. The third kappa shape index (κ3) is 3.30. The Hall–Kier alpha value is -1.27. The van der Waals surface area contributed by atoms with E-state index in [1.165, 1.54) is 6.20 Å².